The van der Waals surface area contributed by atoms with Crippen LogP contribution < -0.4 is 19.7 Å². The molecule has 0 bridgehead atoms. The third-order valence-corrected chi connectivity index (χ3v) is 5.10. The topological polar surface area (TPSA) is 84.9 Å². The smallest absolute Gasteiger partial charge is 0.335 e. The van der Waals surface area contributed by atoms with Crippen molar-refractivity contribution in [1.29, 1.82) is 0 Å². The molecule has 1 fully saturated rings. The van der Waals surface area contributed by atoms with E-state index in [0.29, 0.717) is 33.8 Å². The van der Waals surface area contributed by atoms with E-state index in [1.165, 1.54) is 13.2 Å². The summed E-state index contributed by atoms with van der Waals surface area (Å²) in [6, 6.07) is 9.11. The summed E-state index contributed by atoms with van der Waals surface area (Å²) >= 11 is 6.76. The van der Waals surface area contributed by atoms with Crippen molar-refractivity contribution in [3.05, 3.63) is 56.5 Å². The Balaban J connectivity index is 2.02. The van der Waals surface area contributed by atoms with Gasteiger partial charge in [0.2, 0.25) is 0 Å². The Kier molecular flexibility index (Phi) is 6.39. The molecule has 4 amide bonds. The fourth-order valence-electron chi connectivity index (χ4n) is 2.81. The first kappa shape index (κ1) is 21.1. The molecule has 150 valence electrons. The number of carbonyl (C=O) groups is 3. The Morgan fingerprint density at radius 2 is 1.79 bits per heavy atom. The molecule has 0 atom stereocenters. The Hall–Kier alpha value is -2.65. The molecule has 9 heteroatoms. The monoisotopic (exact) mass is 522 g/mol. The van der Waals surface area contributed by atoms with Crippen LogP contribution in [0, 0.1) is 0 Å². The number of urea groups is 1. The summed E-state index contributed by atoms with van der Waals surface area (Å²) in [5.41, 5.74) is 0.617. The number of anilines is 1. The summed E-state index contributed by atoms with van der Waals surface area (Å²) in [6.45, 7) is 2.35. The molecule has 2 aromatic carbocycles. The first-order chi connectivity index (χ1) is 13.8. The molecule has 1 aliphatic rings. The molecule has 0 radical (unpaired) electrons. The standard InChI is InChI=1S/C20H16Br2N2O5/c1-3-29-14-6-4-13(5-7-14)24-19(26)15(18(25)23-20(24)27)9-11-8-12(21)10-16(22)17(11)28-2/h4-10H,3H2,1-2H3,(H,23,25,27)/b15-9+. The van der Waals surface area contributed by atoms with E-state index in [1.54, 1.807) is 36.4 Å². The van der Waals surface area contributed by atoms with Crippen LogP contribution in [0.3, 0.4) is 0 Å². The van der Waals surface area contributed by atoms with Crippen LogP contribution in [0.5, 0.6) is 11.5 Å². The predicted octanol–water partition coefficient (Wildman–Crippen LogP) is 4.29. The van der Waals surface area contributed by atoms with Crippen molar-refractivity contribution in [2.24, 2.45) is 0 Å². The van der Waals surface area contributed by atoms with Crippen molar-refractivity contribution >= 4 is 61.5 Å². The molecule has 7 nitrogen and oxygen atoms in total. The van der Waals surface area contributed by atoms with Gasteiger partial charge in [0.1, 0.15) is 17.1 Å². The zero-order chi connectivity index (χ0) is 21.1. The summed E-state index contributed by atoms with van der Waals surface area (Å²) < 4.78 is 12.1. The van der Waals surface area contributed by atoms with Gasteiger partial charge in [-0.1, -0.05) is 15.9 Å². The second-order valence-electron chi connectivity index (χ2n) is 5.89. The van der Waals surface area contributed by atoms with Gasteiger partial charge in [0.05, 0.1) is 23.9 Å². The number of rotatable bonds is 5. The molecule has 0 spiro atoms. The number of amides is 4. The molecule has 2 aromatic rings. The van der Waals surface area contributed by atoms with Gasteiger partial charge in [-0.3, -0.25) is 14.9 Å². The summed E-state index contributed by atoms with van der Waals surface area (Å²) in [4.78, 5) is 38.6. The Morgan fingerprint density at radius 3 is 2.41 bits per heavy atom. The lowest BCUT2D eigenvalue weighted by Gasteiger charge is -2.26. The van der Waals surface area contributed by atoms with Crippen LogP contribution in [0.2, 0.25) is 0 Å². The number of carbonyl (C=O) groups excluding carboxylic acids is 3. The number of hydrogen-bond acceptors (Lipinski definition) is 5. The molecule has 1 N–H and O–H groups in total. The third kappa shape index (κ3) is 4.35. The third-order valence-electron chi connectivity index (χ3n) is 4.05. The second kappa shape index (κ2) is 8.79. The van der Waals surface area contributed by atoms with Crippen molar-refractivity contribution < 1.29 is 23.9 Å². The van der Waals surface area contributed by atoms with Gasteiger partial charge in [0, 0.05) is 10.0 Å². The molecular formula is C20H16Br2N2O5. The van der Waals surface area contributed by atoms with Crippen LogP contribution in [0.25, 0.3) is 6.08 Å². The van der Waals surface area contributed by atoms with E-state index in [9.17, 15) is 14.4 Å². The van der Waals surface area contributed by atoms with Crippen LogP contribution in [-0.2, 0) is 9.59 Å². The van der Waals surface area contributed by atoms with E-state index < -0.39 is 17.8 Å². The van der Waals surface area contributed by atoms with E-state index in [4.69, 9.17) is 9.47 Å². The molecule has 29 heavy (non-hydrogen) atoms. The fraction of sp³-hybridized carbons (Fsp3) is 0.150. The van der Waals surface area contributed by atoms with Crippen molar-refractivity contribution in [2.45, 2.75) is 6.92 Å². The summed E-state index contributed by atoms with van der Waals surface area (Å²) in [6.07, 6.45) is 1.39. The molecule has 1 saturated heterocycles. The lowest BCUT2D eigenvalue weighted by atomic mass is 10.1. The van der Waals surface area contributed by atoms with Gasteiger partial charge < -0.3 is 9.47 Å². The molecule has 0 unspecified atom stereocenters. The van der Waals surface area contributed by atoms with Crippen LogP contribution in [-0.4, -0.2) is 31.6 Å². The maximum Gasteiger partial charge on any atom is 0.335 e. The zero-order valence-electron chi connectivity index (χ0n) is 15.5. The van der Waals surface area contributed by atoms with E-state index in [2.05, 4.69) is 37.2 Å². The van der Waals surface area contributed by atoms with Gasteiger partial charge in [-0.15, -0.1) is 0 Å². The summed E-state index contributed by atoms with van der Waals surface area (Å²) in [5.74, 6) is -0.455. The molecule has 1 aliphatic heterocycles. The SMILES string of the molecule is CCOc1ccc(N2C(=O)NC(=O)/C(=C\c3cc(Br)cc(Br)c3OC)C2=O)cc1. The lowest BCUT2D eigenvalue weighted by molar-refractivity contribution is -0.122. The van der Waals surface area contributed by atoms with Crippen LogP contribution >= 0.6 is 31.9 Å². The summed E-state index contributed by atoms with van der Waals surface area (Å²) in [5, 5.41) is 2.20. The highest BCUT2D eigenvalue weighted by Crippen LogP contribution is 2.34. The number of halogens is 2. The molecule has 1 heterocycles. The van der Waals surface area contributed by atoms with Gasteiger partial charge in [0.15, 0.2) is 0 Å². The van der Waals surface area contributed by atoms with Crippen molar-refractivity contribution in [2.75, 3.05) is 18.6 Å². The number of methoxy groups -OCH3 is 1. The zero-order valence-corrected chi connectivity index (χ0v) is 18.7. The predicted molar refractivity (Wildman–Crippen MR) is 115 cm³/mol. The van der Waals surface area contributed by atoms with Gasteiger partial charge in [-0.25, -0.2) is 9.69 Å². The van der Waals surface area contributed by atoms with Crippen molar-refractivity contribution in [3.63, 3.8) is 0 Å². The molecule has 0 saturated carbocycles. The second-order valence-corrected chi connectivity index (χ2v) is 7.66. The van der Waals surface area contributed by atoms with Gasteiger partial charge in [-0.2, -0.15) is 0 Å². The van der Waals surface area contributed by atoms with Crippen molar-refractivity contribution in [3.8, 4) is 11.5 Å². The molecule has 3 rings (SSSR count). The number of ether oxygens (including phenoxy) is 2. The maximum absolute atomic E-state index is 13.0. The highest BCUT2D eigenvalue weighted by atomic mass is 79.9. The maximum atomic E-state index is 13.0. The van der Waals surface area contributed by atoms with Gasteiger partial charge in [0.25, 0.3) is 11.8 Å². The number of imide groups is 2. The number of hydrogen-bond donors (Lipinski definition) is 1. The highest BCUT2D eigenvalue weighted by Gasteiger charge is 2.37. The first-order valence-electron chi connectivity index (χ1n) is 8.53. The number of barbiturate groups is 1. The average molecular weight is 524 g/mol. The first-order valence-corrected chi connectivity index (χ1v) is 10.1. The van der Waals surface area contributed by atoms with E-state index >= 15 is 0 Å². The molecule has 0 aromatic heterocycles. The Labute approximate surface area is 183 Å². The van der Waals surface area contributed by atoms with E-state index in [-0.39, 0.29) is 5.57 Å². The quantitative estimate of drug-likeness (QED) is 0.467. The minimum absolute atomic E-state index is 0.193. The highest BCUT2D eigenvalue weighted by molar-refractivity contribution is 9.11. The van der Waals surface area contributed by atoms with Crippen molar-refractivity contribution in [1.82, 2.24) is 5.32 Å². The fourth-order valence-corrected chi connectivity index (χ4v) is 4.23. The van der Waals surface area contributed by atoms with E-state index in [0.717, 1.165) is 9.37 Å². The minimum atomic E-state index is -0.816. The average Bonchev–Trinajstić information content (AvgIpc) is 2.66. The molecule has 0 aliphatic carbocycles. The number of nitrogens with zero attached hydrogens (tertiary/aromatic N) is 1. The largest absolute Gasteiger partial charge is 0.495 e. The van der Waals surface area contributed by atoms with Crippen LogP contribution in [0.1, 0.15) is 12.5 Å². The minimum Gasteiger partial charge on any atom is -0.495 e. The molecular weight excluding hydrogens is 508 g/mol. The number of benzene rings is 2. The van der Waals surface area contributed by atoms with E-state index in [1.807, 2.05) is 6.92 Å². The Morgan fingerprint density at radius 1 is 1.10 bits per heavy atom. The van der Waals surface area contributed by atoms with Crippen LogP contribution in [0.4, 0.5) is 10.5 Å². The van der Waals surface area contributed by atoms with Crippen LogP contribution in [0.15, 0.2) is 50.9 Å². The number of nitrogens with one attached hydrogen (secondary N) is 1. The van der Waals surface area contributed by atoms with Gasteiger partial charge >= 0.3 is 6.03 Å². The Bertz CT molecular complexity index is 1020. The lowest BCUT2D eigenvalue weighted by Crippen LogP contribution is -2.54. The summed E-state index contributed by atoms with van der Waals surface area (Å²) in [7, 11) is 1.48. The normalized spacial score (nSPS) is 15.5. The van der Waals surface area contributed by atoms with Gasteiger partial charge in [-0.05, 0) is 65.3 Å².